The van der Waals surface area contributed by atoms with Crippen molar-refractivity contribution < 1.29 is 9.90 Å². The van der Waals surface area contributed by atoms with Crippen LogP contribution in [0.15, 0.2) is 42.5 Å². The number of anilines is 1. The highest BCUT2D eigenvalue weighted by Crippen LogP contribution is 2.11. The van der Waals surface area contributed by atoms with Crippen molar-refractivity contribution in [2.75, 3.05) is 5.32 Å². The average Bonchev–Trinajstić information content (AvgIpc) is 2.41. The molecule has 1 atom stereocenters. The maximum absolute atomic E-state index is 11.9. The van der Waals surface area contributed by atoms with Crippen molar-refractivity contribution in [3.8, 4) is 5.75 Å². The van der Waals surface area contributed by atoms with E-state index < -0.39 is 0 Å². The van der Waals surface area contributed by atoms with Gasteiger partial charge in [0.2, 0.25) is 0 Å². The van der Waals surface area contributed by atoms with Gasteiger partial charge in [0.1, 0.15) is 11.6 Å². The monoisotopic (exact) mass is 285 g/mol. The van der Waals surface area contributed by atoms with Crippen molar-refractivity contribution in [3.05, 3.63) is 53.7 Å². The van der Waals surface area contributed by atoms with E-state index in [9.17, 15) is 9.90 Å². The molecule has 1 aromatic heterocycles. The molecule has 0 bridgehead atoms. The van der Waals surface area contributed by atoms with E-state index in [2.05, 4.69) is 15.6 Å². The molecule has 110 valence electrons. The normalized spacial score (nSPS) is 11.7. The lowest BCUT2D eigenvalue weighted by atomic mass is 10.1. The highest BCUT2D eigenvalue weighted by atomic mass is 16.3. The molecular weight excluding hydrogens is 266 g/mol. The molecule has 0 aliphatic heterocycles. The van der Waals surface area contributed by atoms with Gasteiger partial charge in [-0.3, -0.25) is 5.32 Å². The van der Waals surface area contributed by atoms with Crippen LogP contribution >= 0.6 is 0 Å². The molecule has 0 saturated carbocycles. The summed E-state index contributed by atoms with van der Waals surface area (Å²) in [6, 6.07) is 12.1. The molecule has 21 heavy (non-hydrogen) atoms. The van der Waals surface area contributed by atoms with Gasteiger partial charge in [-0.1, -0.05) is 18.2 Å². The second kappa shape index (κ2) is 6.74. The van der Waals surface area contributed by atoms with Crippen molar-refractivity contribution in [3.63, 3.8) is 0 Å². The number of phenolic OH excluding ortho intramolecular Hbond substituents is 1. The number of pyridine rings is 1. The maximum Gasteiger partial charge on any atom is 0.320 e. The second-order valence-electron chi connectivity index (χ2n) is 5.03. The number of carbonyl (C=O) groups is 1. The molecule has 0 saturated heterocycles. The van der Waals surface area contributed by atoms with E-state index >= 15 is 0 Å². The maximum atomic E-state index is 11.9. The third-order valence-electron chi connectivity index (χ3n) is 2.99. The van der Waals surface area contributed by atoms with Crippen molar-refractivity contribution in [2.45, 2.75) is 26.3 Å². The fourth-order valence-corrected chi connectivity index (χ4v) is 2.03. The standard InChI is InChI=1S/C16H19N3O2/c1-11-4-3-5-15(17-11)19-16(21)18-12(2)10-13-6-8-14(20)9-7-13/h3-9,12,20H,10H2,1-2H3,(H2,17,18,19,21). The predicted octanol–water partition coefficient (Wildman–Crippen LogP) is 2.85. The average molecular weight is 285 g/mol. The summed E-state index contributed by atoms with van der Waals surface area (Å²) < 4.78 is 0. The zero-order chi connectivity index (χ0) is 15.2. The van der Waals surface area contributed by atoms with Crippen molar-refractivity contribution in [1.29, 1.82) is 0 Å². The number of nitrogens with one attached hydrogen (secondary N) is 2. The van der Waals surface area contributed by atoms with E-state index in [1.807, 2.05) is 38.1 Å². The number of urea groups is 1. The molecule has 2 amide bonds. The van der Waals surface area contributed by atoms with Crippen LogP contribution in [-0.4, -0.2) is 22.2 Å². The van der Waals surface area contributed by atoms with Crippen LogP contribution < -0.4 is 10.6 Å². The molecule has 5 nitrogen and oxygen atoms in total. The van der Waals surface area contributed by atoms with E-state index in [4.69, 9.17) is 0 Å². The molecule has 2 aromatic rings. The molecule has 1 heterocycles. The first kappa shape index (κ1) is 14.8. The van der Waals surface area contributed by atoms with Gasteiger partial charge >= 0.3 is 6.03 Å². The number of phenols is 1. The Hall–Kier alpha value is -2.56. The fourth-order valence-electron chi connectivity index (χ4n) is 2.03. The summed E-state index contributed by atoms with van der Waals surface area (Å²) in [7, 11) is 0. The van der Waals surface area contributed by atoms with E-state index in [-0.39, 0.29) is 17.8 Å². The van der Waals surface area contributed by atoms with Crippen LogP contribution in [0, 0.1) is 6.92 Å². The zero-order valence-corrected chi connectivity index (χ0v) is 12.1. The fraction of sp³-hybridized carbons (Fsp3) is 0.250. The van der Waals surface area contributed by atoms with Crippen molar-refractivity contribution in [1.82, 2.24) is 10.3 Å². The van der Waals surface area contributed by atoms with Crippen molar-refractivity contribution in [2.24, 2.45) is 0 Å². The Morgan fingerprint density at radius 1 is 1.24 bits per heavy atom. The molecule has 5 heteroatoms. The third-order valence-corrected chi connectivity index (χ3v) is 2.99. The van der Waals surface area contributed by atoms with Gasteiger partial charge in [-0.2, -0.15) is 0 Å². The number of amides is 2. The van der Waals surface area contributed by atoms with E-state index in [1.54, 1.807) is 18.2 Å². The molecule has 0 aliphatic carbocycles. The summed E-state index contributed by atoms with van der Waals surface area (Å²) in [5, 5.41) is 14.8. The number of aromatic hydroxyl groups is 1. The SMILES string of the molecule is Cc1cccc(NC(=O)NC(C)Cc2ccc(O)cc2)n1. The number of nitrogens with zero attached hydrogens (tertiary/aromatic N) is 1. The highest BCUT2D eigenvalue weighted by Gasteiger charge is 2.09. The molecule has 1 unspecified atom stereocenters. The van der Waals surface area contributed by atoms with Gasteiger partial charge in [-0.15, -0.1) is 0 Å². The summed E-state index contributed by atoms with van der Waals surface area (Å²) in [4.78, 5) is 16.1. The van der Waals surface area contributed by atoms with E-state index in [0.29, 0.717) is 12.2 Å². The van der Waals surface area contributed by atoms with Crippen LogP contribution in [0.25, 0.3) is 0 Å². The summed E-state index contributed by atoms with van der Waals surface area (Å²) in [6.07, 6.45) is 0.689. The van der Waals surface area contributed by atoms with E-state index in [0.717, 1.165) is 11.3 Å². The lowest BCUT2D eigenvalue weighted by Crippen LogP contribution is -2.37. The Bertz CT molecular complexity index is 611. The Morgan fingerprint density at radius 3 is 2.62 bits per heavy atom. The van der Waals surface area contributed by atoms with Gasteiger partial charge in [0.25, 0.3) is 0 Å². The number of aryl methyl sites for hydroxylation is 1. The number of hydrogen-bond donors (Lipinski definition) is 3. The Morgan fingerprint density at radius 2 is 1.95 bits per heavy atom. The zero-order valence-electron chi connectivity index (χ0n) is 12.1. The number of benzene rings is 1. The van der Waals surface area contributed by atoms with Crippen LogP contribution in [0.4, 0.5) is 10.6 Å². The minimum Gasteiger partial charge on any atom is -0.508 e. The first-order chi connectivity index (χ1) is 10.0. The number of rotatable bonds is 4. The molecular formula is C16H19N3O2. The summed E-state index contributed by atoms with van der Waals surface area (Å²) in [5.41, 5.74) is 1.90. The van der Waals surface area contributed by atoms with Crippen LogP contribution in [0.1, 0.15) is 18.2 Å². The number of hydrogen-bond acceptors (Lipinski definition) is 3. The van der Waals surface area contributed by atoms with Crippen LogP contribution in [0.2, 0.25) is 0 Å². The van der Waals surface area contributed by atoms with Gasteiger partial charge in [-0.05, 0) is 50.1 Å². The molecule has 0 spiro atoms. The van der Waals surface area contributed by atoms with Gasteiger partial charge in [0.15, 0.2) is 0 Å². The van der Waals surface area contributed by atoms with Crippen LogP contribution in [0.5, 0.6) is 5.75 Å². The highest BCUT2D eigenvalue weighted by molar-refractivity contribution is 5.88. The summed E-state index contributed by atoms with van der Waals surface area (Å²) >= 11 is 0. The molecule has 3 N–H and O–H groups in total. The number of aromatic nitrogens is 1. The second-order valence-corrected chi connectivity index (χ2v) is 5.03. The first-order valence-electron chi connectivity index (χ1n) is 6.82. The third kappa shape index (κ3) is 4.80. The Kier molecular flexibility index (Phi) is 4.77. The lowest BCUT2D eigenvalue weighted by Gasteiger charge is -2.14. The van der Waals surface area contributed by atoms with Gasteiger partial charge in [0, 0.05) is 11.7 Å². The Labute approximate surface area is 124 Å². The summed E-state index contributed by atoms with van der Waals surface area (Å²) in [5.74, 6) is 0.770. The molecule has 2 rings (SSSR count). The Balaban J connectivity index is 1.86. The van der Waals surface area contributed by atoms with Gasteiger partial charge in [0.05, 0.1) is 0 Å². The number of carbonyl (C=O) groups excluding carboxylic acids is 1. The lowest BCUT2D eigenvalue weighted by molar-refractivity contribution is 0.249. The van der Waals surface area contributed by atoms with Crippen LogP contribution in [0.3, 0.4) is 0 Å². The minimum atomic E-state index is -0.278. The first-order valence-corrected chi connectivity index (χ1v) is 6.82. The molecule has 0 aliphatic rings. The predicted molar refractivity (Wildman–Crippen MR) is 82.4 cm³/mol. The molecule has 0 fully saturated rings. The van der Waals surface area contributed by atoms with Gasteiger partial charge < -0.3 is 10.4 Å². The van der Waals surface area contributed by atoms with E-state index in [1.165, 1.54) is 0 Å². The molecule has 0 radical (unpaired) electrons. The smallest absolute Gasteiger partial charge is 0.320 e. The van der Waals surface area contributed by atoms with Crippen molar-refractivity contribution >= 4 is 11.8 Å². The van der Waals surface area contributed by atoms with Crippen LogP contribution in [-0.2, 0) is 6.42 Å². The molecule has 1 aromatic carbocycles. The van der Waals surface area contributed by atoms with Gasteiger partial charge in [-0.25, -0.2) is 9.78 Å². The minimum absolute atomic E-state index is 0.0284. The topological polar surface area (TPSA) is 74.2 Å². The largest absolute Gasteiger partial charge is 0.508 e. The summed E-state index contributed by atoms with van der Waals surface area (Å²) in [6.45, 7) is 3.80. The quantitative estimate of drug-likeness (QED) is 0.808.